The molecule has 36 heavy (non-hydrogen) atoms. The van der Waals surface area contributed by atoms with Crippen LogP contribution in [0.1, 0.15) is 34.7 Å². The van der Waals surface area contributed by atoms with Crippen LogP contribution in [0.25, 0.3) is 5.69 Å². The average molecular weight is 543 g/mol. The van der Waals surface area contributed by atoms with Crippen LogP contribution in [0.2, 0.25) is 10.0 Å². The maximum atomic E-state index is 12.9. The highest BCUT2D eigenvalue weighted by Gasteiger charge is 2.23. The van der Waals surface area contributed by atoms with Crippen molar-refractivity contribution in [2.24, 2.45) is 0 Å². The molecule has 0 aliphatic rings. The predicted molar refractivity (Wildman–Crippen MR) is 143 cm³/mol. The Morgan fingerprint density at radius 3 is 2.47 bits per heavy atom. The lowest BCUT2D eigenvalue weighted by atomic mass is 10.2. The number of halogens is 2. The van der Waals surface area contributed by atoms with Crippen molar-refractivity contribution in [2.75, 3.05) is 14.2 Å². The van der Waals surface area contributed by atoms with Crippen LogP contribution in [-0.2, 0) is 5.75 Å². The van der Waals surface area contributed by atoms with E-state index in [-0.39, 0.29) is 5.91 Å². The summed E-state index contributed by atoms with van der Waals surface area (Å²) in [6.45, 7) is 1.84. The Morgan fingerprint density at radius 2 is 1.75 bits per heavy atom. The molecule has 186 valence electrons. The van der Waals surface area contributed by atoms with Crippen LogP contribution < -0.4 is 14.8 Å². The molecular weight excluding hydrogens is 519 g/mol. The van der Waals surface area contributed by atoms with E-state index in [1.165, 1.54) is 11.8 Å². The quantitative estimate of drug-likeness (QED) is 0.247. The molecule has 1 amide bonds. The number of carbonyl (C=O) groups is 1. The Bertz CT molecular complexity index is 1360. The largest absolute Gasteiger partial charge is 0.497 e. The van der Waals surface area contributed by atoms with Gasteiger partial charge in [0, 0.05) is 16.3 Å². The van der Waals surface area contributed by atoms with Gasteiger partial charge in [-0.15, -0.1) is 10.2 Å². The fourth-order valence-electron chi connectivity index (χ4n) is 3.54. The van der Waals surface area contributed by atoms with Gasteiger partial charge in [0.05, 0.1) is 31.0 Å². The van der Waals surface area contributed by atoms with Gasteiger partial charge in [0.15, 0.2) is 11.0 Å². The van der Waals surface area contributed by atoms with E-state index in [1.54, 1.807) is 56.7 Å². The van der Waals surface area contributed by atoms with Crippen molar-refractivity contribution in [3.05, 3.63) is 93.7 Å². The molecule has 0 spiro atoms. The summed E-state index contributed by atoms with van der Waals surface area (Å²) in [5.41, 5.74) is 2.19. The van der Waals surface area contributed by atoms with Gasteiger partial charge in [-0.25, -0.2) is 0 Å². The Hall–Kier alpha value is -3.20. The molecule has 0 saturated heterocycles. The maximum absolute atomic E-state index is 12.9. The highest BCUT2D eigenvalue weighted by atomic mass is 35.5. The van der Waals surface area contributed by atoms with Crippen LogP contribution in [-0.4, -0.2) is 34.9 Å². The molecule has 7 nitrogen and oxygen atoms in total. The number of rotatable bonds is 9. The third kappa shape index (κ3) is 5.95. The van der Waals surface area contributed by atoms with Crippen molar-refractivity contribution in [2.45, 2.75) is 23.9 Å². The summed E-state index contributed by atoms with van der Waals surface area (Å²) in [6, 6.07) is 19.4. The first-order valence-electron chi connectivity index (χ1n) is 11.0. The van der Waals surface area contributed by atoms with Crippen molar-refractivity contribution in [1.82, 2.24) is 20.1 Å². The summed E-state index contributed by atoms with van der Waals surface area (Å²) in [4.78, 5) is 12.9. The molecule has 4 rings (SSSR count). The van der Waals surface area contributed by atoms with Gasteiger partial charge in [-0.2, -0.15) is 0 Å². The lowest BCUT2D eigenvalue weighted by molar-refractivity contribution is 0.0938. The second-order valence-corrected chi connectivity index (χ2v) is 9.62. The molecule has 0 saturated carbocycles. The molecule has 1 heterocycles. The van der Waals surface area contributed by atoms with E-state index in [0.29, 0.717) is 43.8 Å². The Labute approximate surface area is 223 Å². The fraction of sp³-hybridized carbons (Fsp3) is 0.192. The van der Waals surface area contributed by atoms with Crippen LogP contribution in [0.3, 0.4) is 0 Å². The summed E-state index contributed by atoms with van der Waals surface area (Å²) in [5, 5.41) is 13.4. The first-order valence-corrected chi connectivity index (χ1v) is 12.7. The minimum absolute atomic E-state index is 0.248. The number of nitrogens with one attached hydrogen (secondary N) is 1. The average Bonchev–Trinajstić information content (AvgIpc) is 3.33. The van der Waals surface area contributed by atoms with Gasteiger partial charge in [-0.05, 0) is 67.1 Å². The second-order valence-electron chi connectivity index (χ2n) is 7.84. The Kier molecular flexibility index (Phi) is 8.40. The lowest BCUT2D eigenvalue weighted by Gasteiger charge is -2.17. The highest BCUT2D eigenvalue weighted by Crippen LogP contribution is 2.33. The van der Waals surface area contributed by atoms with E-state index in [9.17, 15) is 4.79 Å². The van der Waals surface area contributed by atoms with E-state index < -0.39 is 6.04 Å². The number of hydrogen-bond donors (Lipinski definition) is 1. The summed E-state index contributed by atoms with van der Waals surface area (Å²) in [7, 11) is 3.22. The molecule has 0 fully saturated rings. The number of benzene rings is 3. The third-order valence-electron chi connectivity index (χ3n) is 5.40. The Balaban J connectivity index is 1.64. The minimum Gasteiger partial charge on any atom is -0.497 e. The van der Waals surface area contributed by atoms with E-state index in [4.69, 9.17) is 32.7 Å². The SMILES string of the molecule is COc1ccc(C(=O)NC(C)c2nnc(SCc3cccc(OC)c3)n2-c2cc(Cl)ccc2Cl)cc1. The molecule has 3 aromatic carbocycles. The second kappa shape index (κ2) is 11.7. The molecule has 1 atom stereocenters. The van der Waals surface area contributed by atoms with Gasteiger partial charge in [0.1, 0.15) is 11.5 Å². The van der Waals surface area contributed by atoms with Gasteiger partial charge in [-0.3, -0.25) is 9.36 Å². The molecule has 1 N–H and O–H groups in total. The number of methoxy groups -OCH3 is 2. The minimum atomic E-state index is -0.478. The number of amides is 1. The summed E-state index contributed by atoms with van der Waals surface area (Å²) < 4.78 is 12.3. The van der Waals surface area contributed by atoms with E-state index >= 15 is 0 Å². The molecule has 0 aliphatic carbocycles. The van der Waals surface area contributed by atoms with Gasteiger partial charge in [0.2, 0.25) is 0 Å². The van der Waals surface area contributed by atoms with E-state index in [0.717, 1.165) is 11.3 Å². The van der Waals surface area contributed by atoms with Gasteiger partial charge >= 0.3 is 0 Å². The number of nitrogens with zero attached hydrogens (tertiary/aromatic N) is 3. The van der Waals surface area contributed by atoms with Crippen molar-refractivity contribution in [1.29, 1.82) is 0 Å². The monoisotopic (exact) mass is 542 g/mol. The first-order chi connectivity index (χ1) is 17.4. The predicted octanol–water partition coefficient (Wildman–Crippen LogP) is 6.37. The molecule has 0 bridgehead atoms. The van der Waals surface area contributed by atoms with Gasteiger partial charge in [-0.1, -0.05) is 47.1 Å². The normalized spacial score (nSPS) is 11.7. The van der Waals surface area contributed by atoms with Crippen molar-refractivity contribution in [3.8, 4) is 17.2 Å². The van der Waals surface area contributed by atoms with Crippen LogP contribution in [0.5, 0.6) is 11.5 Å². The van der Waals surface area contributed by atoms with Gasteiger partial charge in [0.25, 0.3) is 5.91 Å². The zero-order chi connectivity index (χ0) is 25.7. The number of thioether (sulfide) groups is 1. The fourth-order valence-corrected chi connectivity index (χ4v) is 4.80. The molecule has 0 radical (unpaired) electrons. The summed E-state index contributed by atoms with van der Waals surface area (Å²) in [6.07, 6.45) is 0. The zero-order valence-corrected chi connectivity index (χ0v) is 22.2. The number of ether oxygens (including phenoxy) is 2. The number of carbonyl (C=O) groups excluding carboxylic acids is 1. The molecule has 10 heteroatoms. The summed E-state index contributed by atoms with van der Waals surface area (Å²) >= 11 is 14.4. The standard InChI is InChI=1S/C26H24Cl2N4O3S/c1-16(29-25(33)18-7-10-20(34-2)11-8-18)24-30-31-26(32(24)23-14-19(27)9-12-22(23)28)36-15-17-5-4-6-21(13-17)35-3/h4-14,16H,15H2,1-3H3,(H,29,33). The molecule has 4 aromatic rings. The highest BCUT2D eigenvalue weighted by molar-refractivity contribution is 7.98. The smallest absolute Gasteiger partial charge is 0.251 e. The summed E-state index contributed by atoms with van der Waals surface area (Å²) in [5.74, 6) is 2.35. The zero-order valence-electron chi connectivity index (χ0n) is 19.9. The molecular formula is C26H24Cl2N4O3S. The number of aromatic nitrogens is 3. The molecule has 1 aromatic heterocycles. The Morgan fingerprint density at radius 1 is 1.00 bits per heavy atom. The maximum Gasteiger partial charge on any atom is 0.251 e. The van der Waals surface area contributed by atoms with Crippen LogP contribution in [0.4, 0.5) is 0 Å². The number of hydrogen-bond acceptors (Lipinski definition) is 6. The van der Waals surface area contributed by atoms with Crippen molar-refractivity contribution in [3.63, 3.8) is 0 Å². The van der Waals surface area contributed by atoms with Crippen LogP contribution in [0.15, 0.2) is 71.9 Å². The van der Waals surface area contributed by atoms with Crippen molar-refractivity contribution < 1.29 is 14.3 Å². The molecule has 0 aliphatic heterocycles. The lowest BCUT2D eigenvalue weighted by Crippen LogP contribution is -2.28. The van der Waals surface area contributed by atoms with Crippen molar-refractivity contribution >= 4 is 40.9 Å². The molecule has 1 unspecified atom stereocenters. The van der Waals surface area contributed by atoms with Crippen LogP contribution >= 0.6 is 35.0 Å². The third-order valence-corrected chi connectivity index (χ3v) is 6.95. The van der Waals surface area contributed by atoms with Crippen LogP contribution in [0, 0.1) is 0 Å². The first kappa shape index (κ1) is 25.9. The van der Waals surface area contributed by atoms with E-state index in [1.807, 2.05) is 35.8 Å². The topological polar surface area (TPSA) is 78.3 Å². The van der Waals surface area contributed by atoms with Gasteiger partial charge < -0.3 is 14.8 Å². The van der Waals surface area contributed by atoms with E-state index in [2.05, 4.69) is 15.5 Å².